The van der Waals surface area contributed by atoms with Gasteiger partial charge in [-0.1, -0.05) is 142 Å². The summed E-state index contributed by atoms with van der Waals surface area (Å²) in [6, 6.07) is 17.1. The van der Waals surface area contributed by atoms with Gasteiger partial charge >= 0.3 is 11.9 Å². The second kappa shape index (κ2) is 24.2. The molecule has 0 atom stereocenters. The van der Waals surface area contributed by atoms with Crippen molar-refractivity contribution in [2.24, 2.45) is 0 Å². The summed E-state index contributed by atoms with van der Waals surface area (Å²) >= 11 is 7.83. The van der Waals surface area contributed by atoms with Crippen molar-refractivity contribution in [1.82, 2.24) is 8.75 Å². The van der Waals surface area contributed by atoms with Crippen LogP contribution >= 0.6 is 57.1 Å². The number of thiophene rings is 4. The normalized spacial score (nSPS) is 11.7. The first-order valence-corrected chi connectivity index (χ1v) is 27.6. The van der Waals surface area contributed by atoms with E-state index in [1.807, 2.05) is 13.0 Å². The summed E-state index contributed by atoms with van der Waals surface area (Å²) in [7, 11) is 0. The molecule has 0 N–H and O–H groups in total. The third-order valence-electron chi connectivity index (χ3n) is 12.0. The molecule has 2 aromatic carbocycles. The van der Waals surface area contributed by atoms with Crippen molar-refractivity contribution in [2.45, 2.75) is 156 Å². The number of hydrogen-bond acceptors (Lipinski definition) is 11. The monoisotopic (exact) mass is 940 g/mol. The molecule has 0 saturated carbocycles. The molecule has 0 saturated heterocycles. The zero-order valence-corrected chi connectivity index (χ0v) is 41.8. The van der Waals surface area contributed by atoms with Gasteiger partial charge in [-0.05, 0) is 63.1 Å². The van der Waals surface area contributed by atoms with Crippen molar-refractivity contribution in [3.63, 3.8) is 0 Å². The summed E-state index contributed by atoms with van der Waals surface area (Å²) in [6.45, 7) is 9.47. The Morgan fingerprint density at radius 3 is 1.41 bits per heavy atom. The molecule has 7 rings (SSSR count). The van der Waals surface area contributed by atoms with E-state index in [4.69, 9.17) is 18.2 Å². The Morgan fingerprint density at radius 1 is 0.460 bits per heavy atom. The van der Waals surface area contributed by atoms with Gasteiger partial charge in [-0.2, -0.15) is 8.75 Å². The number of nitrogens with zero attached hydrogens (tertiary/aromatic N) is 2. The number of fused-ring (bicyclic) bond motifs is 3. The summed E-state index contributed by atoms with van der Waals surface area (Å²) < 4.78 is 23.2. The lowest BCUT2D eigenvalue weighted by molar-refractivity contribution is 0.0490. The summed E-state index contributed by atoms with van der Waals surface area (Å²) in [5, 5.41) is 1.55. The second-order valence-corrected chi connectivity index (χ2v) is 22.2. The number of carbonyl (C=O) groups excluding carboxylic acids is 2. The minimum Gasteiger partial charge on any atom is -0.462 e. The number of rotatable bonds is 27. The van der Waals surface area contributed by atoms with Crippen molar-refractivity contribution < 1.29 is 19.1 Å². The molecular weight excluding hydrogens is 877 g/mol. The lowest BCUT2D eigenvalue weighted by atomic mass is 10.0. The maximum Gasteiger partial charge on any atom is 0.340 e. The molecule has 0 aliphatic carbocycles. The van der Waals surface area contributed by atoms with Crippen LogP contribution in [0.2, 0.25) is 0 Å². The van der Waals surface area contributed by atoms with Crippen molar-refractivity contribution in [1.29, 1.82) is 0 Å². The number of aryl methyl sites for hydroxylation is 2. The molecule has 0 aliphatic rings. The van der Waals surface area contributed by atoms with Gasteiger partial charge < -0.3 is 9.47 Å². The Morgan fingerprint density at radius 2 is 0.905 bits per heavy atom. The van der Waals surface area contributed by atoms with Crippen LogP contribution in [-0.4, -0.2) is 33.9 Å². The van der Waals surface area contributed by atoms with Crippen LogP contribution in [0.4, 0.5) is 0 Å². The fourth-order valence-corrected chi connectivity index (χ4v) is 13.4. The highest BCUT2D eigenvalue weighted by molar-refractivity contribution is 7.27. The molecule has 5 heterocycles. The first kappa shape index (κ1) is 47.5. The number of aromatic nitrogens is 2. The Hall–Kier alpha value is -3.48. The number of ether oxygens (including phenoxy) is 2. The molecule has 0 radical (unpaired) electrons. The van der Waals surface area contributed by atoms with E-state index in [0.717, 1.165) is 87.5 Å². The van der Waals surface area contributed by atoms with Crippen molar-refractivity contribution >= 4 is 100 Å². The number of benzene rings is 2. The molecule has 0 aliphatic heterocycles. The van der Waals surface area contributed by atoms with Crippen LogP contribution in [0.15, 0.2) is 48.5 Å². The highest BCUT2D eigenvalue weighted by Gasteiger charge is 2.28. The van der Waals surface area contributed by atoms with Crippen LogP contribution < -0.4 is 0 Å². The molecule has 0 unspecified atom stereocenters. The summed E-state index contributed by atoms with van der Waals surface area (Å²) in [5.41, 5.74) is 5.11. The van der Waals surface area contributed by atoms with Crippen LogP contribution in [0.3, 0.4) is 0 Å². The standard InChI is InChI=1S/C52H64N2O4S5/c1-5-7-9-11-13-15-17-19-21-23-31-57-51(55)45-39-33-36(4)60-49(39)46(52(56)58-32-24-22-20-18-16-14-12-10-8-6-2)40-34-44(62-50(40)45)43-30-29-42(61-43)38-27-26-37(41-28-25-35(3)59-41)47-48(38)54-63-53-47/h25-30,33-34H,5-24,31-32H2,1-4H3. The number of esters is 2. The van der Waals surface area contributed by atoms with Crippen LogP contribution in [0.1, 0.15) is 173 Å². The van der Waals surface area contributed by atoms with Gasteiger partial charge in [0.05, 0.1) is 45.5 Å². The number of unbranched alkanes of at least 4 members (excludes halogenated alkanes) is 18. The van der Waals surface area contributed by atoms with E-state index >= 15 is 0 Å². The van der Waals surface area contributed by atoms with Gasteiger partial charge in [0.15, 0.2) is 0 Å². The van der Waals surface area contributed by atoms with E-state index < -0.39 is 0 Å². The Labute approximate surface area is 394 Å². The van der Waals surface area contributed by atoms with Gasteiger partial charge in [0.2, 0.25) is 0 Å². The molecule has 5 aromatic heterocycles. The first-order valence-electron chi connectivity index (χ1n) is 23.6. The molecule has 336 valence electrons. The zero-order chi connectivity index (χ0) is 44.0. The number of carbonyl (C=O) groups is 2. The van der Waals surface area contributed by atoms with Crippen molar-refractivity contribution in [3.05, 3.63) is 69.4 Å². The quantitative estimate of drug-likeness (QED) is 0.0378. The predicted octanol–water partition coefficient (Wildman–Crippen LogP) is 18.0. The van der Waals surface area contributed by atoms with Crippen LogP contribution in [0.25, 0.3) is 61.8 Å². The molecule has 0 amide bonds. The van der Waals surface area contributed by atoms with Gasteiger partial charge in [-0.15, -0.1) is 45.3 Å². The topological polar surface area (TPSA) is 78.4 Å². The molecule has 0 spiro atoms. The Kier molecular flexibility index (Phi) is 18.2. The molecular formula is C52H64N2O4S5. The van der Waals surface area contributed by atoms with Gasteiger partial charge in [0.25, 0.3) is 0 Å². The van der Waals surface area contributed by atoms with Gasteiger partial charge in [-0.3, -0.25) is 0 Å². The Bertz CT molecular complexity index is 2460. The number of hydrogen-bond donors (Lipinski definition) is 0. The summed E-state index contributed by atoms with van der Waals surface area (Å²) in [5.74, 6) is -0.632. The zero-order valence-electron chi connectivity index (χ0n) is 37.7. The van der Waals surface area contributed by atoms with Crippen molar-refractivity contribution in [3.8, 4) is 30.6 Å². The van der Waals surface area contributed by atoms with Crippen LogP contribution in [0.5, 0.6) is 0 Å². The van der Waals surface area contributed by atoms with E-state index in [1.165, 1.54) is 124 Å². The summed E-state index contributed by atoms with van der Waals surface area (Å²) in [6.07, 6.45) is 24.4. The molecule has 6 nitrogen and oxygen atoms in total. The maximum atomic E-state index is 14.2. The highest BCUT2D eigenvalue weighted by atomic mass is 32.1. The first-order chi connectivity index (χ1) is 30.9. The van der Waals surface area contributed by atoms with E-state index in [2.05, 4.69) is 63.2 Å². The minimum absolute atomic E-state index is 0.316. The lowest BCUT2D eigenvalue weighted by Gasteiger charge is -2.11. The average molecular weight is 941 g/mol. The molecule has 0 bridgehead atoms. The fraction of sp³-hybridized carbons (Fsp3) is 0.500. The summed E-state index contributed by atoms with van der Waals surface area (Å²) in [4.78, 5) is 35.1. The molecule has 63 heavy (non-hydrogen) atoms. The maximum absolute atomic E-state index is 14.2. The van der Waals surface area contributed by atoms with E-state index in [1.54, 1.807) is 45.3 Å². The molecule has 7 aromatic rings. The Balaban J connectivity index is 1.11. The molecule has 11 heteroatoms. The molecule has 0 fully saturated rings. The third-order valence-corrected chi connectivity index (χ3v) is 17.1. The average Bonchev–Trinajstić information content (AvgIpc) is 4.14. The highest BCUT2D eigenvalue weighted by Crippen LogP contribution is 2.47. The van der Waals surface area contributed by atoms with Gasteiger partial charge in [0.1, 0.15) is 11.0 Å². The van der Waals surface area contributed by atoms with Crippen molar-refractivity contribution in [2.75, 3.05) is 13.2 Å². The minimum atomic E-state index is -0.316. The van der Waals surface area contributed by atoms with Gasteiger partial charge in [-0.25, -0.2) is 9.59 Å². The van der Waals surface area contributed by atoms with Gasteiger partial charge in [0, 0.05) is 51.2 Å². The third kappa shape index (κ3) is 12.3. The fourth-order valence-electron chi connectivity index (χ4n) is 8.53. The lowest BCUT2D eigenvalue weighted by Crippen LogP contribution is -2.11. The van der Waals surface area contributed by atoms with Crippen LogP contribution in [0, 0.1) is 13.8 Å². The smallest absolute Gasteiger partial charge is 0.340 e. The van der Waals surface area contributed by atoms with Crippen LogP contribution in [-0.2, 0) is 9.47 Å². The second-order valence-electron chi connectivity index (χ2n) is 17.0. The largest absolute Gasteiger partial charge is 0.462 e. The van der Waals surface area contributed by atoms with E-state index in [-0.39, 0.29) is 11.9 Å². The SMILES string of the molecule is CCCCCCCCCCCCOC(=O)c1c2cc(-c3ccc(-c4ccc(-c5ccc(C)s5)c5nsnc45)s3)sc2c(C(=O)OCCCCCCCCCCCC)c2cc(C)sc12. The van der Waals surface area contributed by atoms with E-state index in [9.17, 15) is 9.59 Å². The van der Waals surface area contributed by atoms with E-state index in [0.29, 0.717) is 24.3 Å². The predicted molar refractivity (Wildman–Crippen MR) is 274 cm³/mol.